The first kappa shape index (κ1) is 17.6. The Labute approximate surface area is 144 Å². The van der Waals surface area contributed by atoms with Crippen molar-refractivity contribution in [2.45, 2.75) is 24.3 Å². The van der Waals surface area contributed by atoms with Gasteiger partial charge in [-0.25, -0.2) is 8.42 Å². The molecule has 0 aromatic carbocycles. The number of ether oxygens (including phenoxy) is 1. The van der Waals surface area contributed by atoms with Gasteiger partial charge in [0.25, 0.3) is 0 Å². The first-order valence-electron chi connectivity index (χ1n) is 7.67. The van der Waals surface area contributed by atoms with E-state index in [0.29, 0.717) is 19.0 Å². The zero-order valence-electron chi connectivity index (χ0n) is 13.9. The van der Waals surface area contributed by atoms with Crippen LogP contribution in [0.1, 0.15) is 18.2 Å². The highest BCUT2D eigenvalue weighted by atomic mass is 32.2. The van der Waals surface area contributed by atoms with E-state index in [1.807, 2.05) is 0 Å². The van der Waals surface area contributed by atoms with Crippen LogP contribution in [0, 0.1) is 6.92 Å². The van der Waals surface area contributed by atoms with Crippen LogP contribution in [0.25, 0.3) is 0 Å². The Balaban J connectivity index is 1.65. The largest absolute Gasteiger partial charge is 0.379 e. The van der Waals surface area contributed by atoms with Gasteiger partial charge in [0.2, 0.25) is 15.9 Å². The number of likely N-dealkylation sites (N-methyl/N-ethyl adjacent to an activating group) is 1. The van der Waals surface area contributed by atoms with Gasteiger partial charge in [-0.15, -0.1) is 0 Å². The zero-order chi connectivity index (χ0) is 18.0. The number of nitrogens with zero attached hydrogens (tertiary/aromatic N) is 4. The van der Waals surface area contributed by atoms with Gasteiger partial charge in [0.05, 0.1) is 25.4 Å². The van der Waals surface area contributed by atoms with E-state index in [1.54, 1.807) is 17.7 Å². The fourth-order valence-corrected chi connectivity index (χ4v) is 3.53. The van der Waals surface area contributed by atoms with E-state index in [0.717, 1.165) is 10.7 Å². The first-order valence-corrected chi connectivity index (χ1v) is 9.11. The summed E-state index contributed by atoms with van der Waals surface area (Å²) < 4.78 is 37.8. The van der Waals surface area contributed by atoms with Gasteiger partial charge in [0, 0.05) is 25.9 Å². The fourth-order valence-electron chi connectivity index (χ4n) is 2.46. The van der Waals surface area contributed by atoms with Crippen LogP contribution in [0.5, 0.6) is 0 Å². The molecule has 2 aromatic rings. The van der Waals surface area contributed by atoms with Gasteiger partial charge in [0.1, 0.15) is 10.7 Å². The molecule has 1 atom stereocenters. The molecule has 1 unspecified atom stereocenters. The lowest BCUT2D eigenvalue weighted by Gasteiger charge is -2.15. The molecule has 3 rings (SSSR count). The van der Waals surface area contributed by atoms with Crippen molar-refractivity contribution in [2.24, 2.45) is 0 Å². The second kappa shape index (κ2) is 6.94. The Hall–Kier alpha value is -2.24. The molecule has 11 heteroatoms. The predicted octanol–water partition coefficient (Wildman–Crippen LogP) is 0.400. The summed E-state index contributed by atoms with van der Waals surface area (Å²) in [5.41, 5.74) is 0. The van der Waals surface area contributed by atoms with Crippen molar-refractivity contribution in [1.29, 1.82) is 0 Å². The molecule has 1 N–H and O–H groups in total. The molecule has 1 aliphatic rings. The molecule has 1 saturated heterocycles. The highest BCUT2D eigenvalue weighted by Crippen LogP contribution is 2.21. The number of nitrogens with one attached hydrogen (secondary N) is 1. The van der Waals surface area contributed by atoms with Crippen molar-refractivity contribution in [2.75, 3.05) is 32.1 Å². The number of amides is 1. The predicted molar refractivity (Wildman–Crippen MR) is 86.4 cm³/mol. The Kier molecular flexibility index (Phi) is 4.88. The van der Waals surface area contributed by atoms with Crippen molar-refractivity contribution in [3.05, 3.63) is 24.2 Å². The average Bonchev–Trinajstić information content (AvgIpc) is 3.27. The van der Waals surface area contributed by atoms with Crippen LogP contribution in [0.2, 0.25) is 0 Å². The second-order valence-electron chi connectivity index (χ2n) is 5.81. The molecule has 1 fully saturated rings. The standard InChI is InChI=1S/C14H19N5O5S/c1-10-5-13(17-24-10)16-14(20)8-18(2)25(21,22)12-6-15-19(7-12)11-3-4-23-9-11/h5-7,11H,3-4,8-9H2,1-2H3,(H,16,17,20). The third kappa shape index (κ3) is 3.89. The van der Waals surface area contributed by atoms with Crippen LogP contribution in [0.3, 0.4) is 0 Å². The number of rotatable bonds is 6. The average molecular weight is 369 g/mol. The summed E-state index contributed by atoms with van der Waals surface area (Å²) in [7, 11) is -2.49. The molecule has 136 valence electrons. The number of hydrogen-bond donors (Lipinski definition) is 1. The van der Waals surface area contributed by atoms with E-state index in [-0.39, 0.29) is 23.3 Å². The third-order valence-corrected chi connectivity index (χ3v) is 5.58. The topological polar surface area (TPSA) is 120 Å². The van der Waals surface area contributed by atoms with Crippen LogP contribution in [0.4, 0.5) is 5.82 Å². The molecule has 0 spiro atoms. The van der Waals surface area contributed by atoms with E-state index in [4.69, 9.17) is 9.26 Å². The van der Waals surface area contributed by atoms with E-state index in [2.05, 4.69) is 15.6 Å². The molecule has 10 nitrogen and oxygen atoms in total. The molecular weight excluding hydrogens is 350 g/mol. The number of sulfonamides is 1. The van der Waals surface area contributed by atoms with Crippen LogP contribution in [-0.2, 0) is 19.6 Å². The summed E-state index contributed by atoms with van der Waals surface area (Å²) in [5, 5.41) is 10.2. The molecule has 0 saturated carbocycles. The maximum atomic E-state index is 12.6. The van der Waals surface area contributed by atoms with Crippen LogP contribution < -0.4 is 5.32 Å². The Morgan fingerprint density at radius 2 is 2.32 bits per heavy atom. The van der Waals surface area contributed by atoms with Gasteiger partial charge in [-0.05, 0) is 13.3 Å². The van der Waals surface area contributed by atoms with Gasteiger partial charge in [-0.1, -0.05) is 5.16 Å². The molecule has 2 aromatic heterocycles. The molecule has 1 amide bonds. The highest BCUT2D eigenvalue weighted by Gasteiger charge is 2.27. The number of anilines is 1. The van der Waals surface area contributed by atoms with Gasteiger partial charge in [-0.3, -0.25) is 9.48 Å². The van der Waals surface area contributed by atoms with E-state index in [9.17, 15) is 13.2 Å². The van der Waals surface area contributed by atoms with Gasteiger partial charge >= 0.3 is 0 Å². The molecular formula is C14H19N5O5S. The smallest absolute Gasteiger partial charge is 0.246 e. The third-order valence-electron chi connectivity index (χ3n) is 3.83. The van der Waals surface area contributed by atoms with Crippen molar-refractivity contribution in [3.63, 3.8) is 0 Å². The van der Waals surface area contributed by atoms with Crippen molar-refractivity contribution < 1.29 is 22.5 Å². The highest BCUT2D eigenvalue weighted by molar-refractivity contribution is 7.89. The summed E-state index contributed by atoms with van der Waals surface area (Å²) >= 11 is 0. The van der Waals surface area contributed by atoms with Crippen molar-refractivity contribution in [1.82, 2.24) is 19.2 Å². The SMILES string of the molecule is Cc1cc(NC(=O)CN(C)S(=O)(=O)c2cnn(C3CCOC3)c2)no1. The summed E-state index contributed by atoms with van der Waals surface area (Å²) in [6.45, 7) is 2.48. The van der Waals surface area contributed by atoms with Crippen LogP contribution in [-0.4, -0.2) is 60.4 Å². The lowest BCUT2D eigenvalue weighted by Crippen LogP contribution is -2.34. The minimum Gasteiger partial charge on any atom is -0.379 e. The number of aromatic nitrogens is 3. The summed E-state index contributed by atoms with van der Waals surface area (Å²) in [5.74, 6) is 0.262. The van der Waals surface area contributed by atoms with E-state index >= 15 is 0 Å². The van der Waals surface area contributed by atoms with Gasteiger partial charge < -0.3 is 14.6 Å². The molecule has 1 aliphatic heterocycles. The first-order chi connectivity index (χ1) is 11.9. The summed E-state index contributed by atoms with van der Waals surface area (Å²) in [6.07, 6.45) is 3.53. The Bertz CT molecular complexity index is 853. The van der Waals surface area contributed by atoms with Crippen molar-refractivity contribution in [3.8, 4) is 0 Å². The summed E-state index contributed by atoms with van der Waals surface area (Å²) in [6, 6.07) is 1.58. The normalized spacial score (nSPS) is 18.0. The second-order valence-corrected chi connectivity index (χ2v) is 7.85. The molecule has 0 radical (unpaired) electrons. The molecule has 0 aliphatic carbocycles. The number of hydrogen-bond acceptors (Lipinski definition) is 7. The fraction of sp³-hybridized carbons (Fsp3) is 0.500. The number of carbonyl (C=O) groups excluding carboxylic acids is 1. The van der Waals surface area contributed by atoms with Gasteiger partial charge in [-0.2, -0.15) is 9.40 Å². The van der Waals surface area contributed by atoms with Crippen LogP contribution in [0.15, 0.2) is 27.9 Å². The number of aryl methyl sites for hydroxylation is 1. The van der Waals surface area contributed by atoms with E-state index in [1.165, 1.54) is 19.4 Å². The van der Waals surface area contributed by atoms with Gasteiger partial charge in [0.15, 0.2) is 5.82 Å². The molecule has 3 heterocycles. The molecule has 0 bridgehead atoms. The minimum atomic E-state index is -3.83. The maximum absolute atomic E-state index is 12.6. The van der Waals surface area contributed by atoms with Crippen molar-refractivity contribution >= 4 is 21.7 Å². The zero-order valence-corrected chi connectivity index (χ0v) is 14.7. The van der Waals surface area contributed by atoms with Crippen LogP contribution >= 0.6 is 0 Å². The lowest BCUT2D eigenvalue weighted by atomic mass is 10.3. The Morgan fingerprint density at radius 1 is 1.52 bits per heavy atom. The lowest BCUT2D eigenvalue weighted by molar-refractivity contribution is -0.116. The minimum absolute atomic E-state index is 0.0342. The molecule has 25 heavy (non-hydrogen) atoms. The number of carbonyl (C=O) groups is 1. The van der Waals surface area contributed by atoms with E-state index < -0.39 is 15.9 Å². The summed E-state index contributed by atoms with van der Waals surface area (Å²) in [4.78, 5) is 12.0. The quantitative estimate of drug-likeness (QED) is 0.782. The monoisotopic (exact) mass is 369 g/mol. The Morgan fingerprint density at radius 3 is 2.96 bits per heavy atom. The maximum Gasteiger partial charge on any atom is 0.246 e.